The normalized spacial score (nSPS) is 50.4. The molecule has 2 aliphatic heterocycles. The Balaban J connectivity index is 1.26. The minimum absolute atomic E-state index is 0.00544. The molecule has 10 heteroatoms. The number of fused-ring (bicyclic) bond motifs is 5. The topological polar surface area (TPSA) is 151 Å². The van der Waals surface area contributed by atoms with Crippen molar-refractivity contribution in [1.29, 1.82) is 5.26 Å². The second-order valence-corrected chi connectivity index (χ2v) is 14.0. The summed E-state index contributed by atoms with van der Waals surface area (Å²) in [6.07, 6.45) is 7.57. The SMILES string of the molecule is CO[C@@H]1C[C@H](O[C@@H]2CC[C@]3(C=NCC#N)[C@H]4CC[C@]5(C)[C@H](C6=CC(=O)OC6)CC[C@]5(O)[C@@H]4CC[C@]3(O)C2)O[C@H](C)[C@@H]1O. The van der Waals surface area contributed by atoms with Gasteiger partial charge < -0.3 is 34.3 Å². The predicted molar refractivity (Wildman–Crippen MR) is 151 cm³/mol. The van der Waals surface area contributed by atoms with Gasteiger partial charge in [0.05, 0.1) is 35.6 Å². The van der Waals surface area contributed by atoms with Gasteiger partial charge in [0.2, 0.25) is 0 Å². The highest BCUT2D eigenvalue weighted by atomic mass is 16.7. The summed E-state index contributed by atoms with van der Waals surface area (Å²) in [7, 11) is 1.58. The van der Waals surface area contributed by atoms with E-state index >= 15 is 0 Å². The van der Waals surface area contributed by atoms with E-state index in [9.17, 15) is 25.4 Å². The highest BCUT2D eigenvalue weighted by molar-refractivity contribution is 5.85. The molecule has 232 valence electrons. The van der Waals surface area contributed by atoms with Crippen molar-refractivity contribution in [3.63, 3.8) is 0 Å². The van der Waals surface area contributed by atoms with E-state index in [1.165, 1.54) is 0 Å². The zero-order valence-electron chi connectivity index (χ0n) is 25.0. The fraction of sp³-hybridized carbons (Fsp3) is 0.844. The maximum atomic E-state index is 12.6. The molecule has 6 rings (SSSR count). The first-order valence-corrected chi connectivity index (χ1v) is 15.7. The Morgan fingerprint density at radius 3 is 2.67 bits per heavy atom. The molecule has 12 atom stereocenters. The molecule has 42 heavy (non-hydrogen) atoms. The highest BCUT2D eigenvalue weighted by Crippen LogP contribution is 2.70. The summed E-state index contributed by atoms with van der Waals surface area (Å²) in [5, 5.41) is 44.7. The summed E-state index contributed by atoms with van der Waals surface area (Å²) in [6.45, 7) is 4.32. The van der Waals surface area contributed by atoms with Gasteiger partial charge in [0.25, 0.3) is 0 Å². The van der Waals surface area contributed by atoms with Crippen LogP contribution in [0, 0.1) is 39.9 Å². The Bertz CT molecular complexity index is 1170. The summed E-state index contributed by atoms with van der Waals surface area (Å²) in [5.74, 6) is -0.229. The van der Waals surface area contributed by atoms with E-state index in [0.29, 0.717) is 51.6 Å². The van der Waals surface area contributed by atoms with E-state index in [2.05, 4.69) is 18.0 Å². The van der Waals surface area contributed by atoms with E-state index in [-0.39, 0.29) is 47.9 Å². The highest BCUT2D eigenvalue weighted by Gasteiger charge is 2.71. The van der Waals surface area contributed by atoms with Gasteiger partial charge in [-0.05, 0) is 81.6 Å². The first-order chi connectivity index (χ1) is 20.0. The van der Waals surface area contributed by atoms with Crippen LogP contribution in [0.5, 0.6) is 0 Å². The average molecular weight is 587 g/mol. The molecule has 5 fully saturated rings. The summed E-state index contributed by atoms with van der Waals surface area (Å²) in [5.41, 5.74) is -2.10. The first kappa shape index (κ1) is 30.2. The van der Waals surface area contributed by atoms with Crippen LogP contribution in [0.4, 0.5) is 0 Å². The molecule has 0 bridgehead atoms. The van der Waals surface area contributed by atoms with Crippen LogP contribution in [0.2, 0.25) is 0 Å². The molecule has 0 aromatic rings. The third-order valence-electron chi connectivity index (χ3n) is 12.4. The minimum atomic E-state index is -1.10. The van der Waals surface area contributed by atoms with Gasteiger partial charge in [-0.2, -0.15) is 5.26 Å². The van der Waals surface area contributed by atoms with Crippen molar-refractivity contribution in [1.82, 2.24) is 0 Å². The molecule has 0 aromatic carbocycles. The number of aliphatic hydroxyl groups is 3. The Morgan fingerprint density at radius 1 is 1.17 bits per heavy atom. The summed E-state index contributed by atoms with van der Waals surface area (Å²) in [6, 6.07) is 2.11. The first-order valence-electron chi connectivity index (χ1n) is 15.7. The molecular formula is C32H46N2O8. The molecule has 0 unspecified atom stereocenters. The number of hydrogen-bond acceptors (Lipinski definition) is 10. The van der Waals surface area contributed by atoms with Gasteiger partial charge in [-0.3, -0.25) is 4.99 Å². The number of carbonyl (C=O) groups excluding carboxylic acids is 1. The van der Waals surface area contributed by atoms with Crippen LogP contribution in [0.1, 0.15) is 78.1 Å². The molecule has 0 spiro atoms. The number of methoxy groups -OCH3 is 1. The lowest BCUT2D eigenvalue weighted by molar-refractivity contribution is -0.284. The standard InChI is InChI=1S/C32H46N2O8/c1-19-28(36)25(39-3)15-27(41-19)42-21-4-9-30(18-34-13-12-33)23-5-8-29(2)22(20-14-26(35)40-17-20)7-11-32(29,38)24(23)6-10-31(30,37)16-21/h14,18-19,21-25,27-28,36-38H,4-11,13,15-17H2,1-3H3/t19-,21-,22+,23+,24-,25-,27+,28+,29-,30+,31+,32+/m1/s1. The van der Waals surface area contributed by atoms with Crippen molar-refractivity contribution in [2.45, 2.75) is 120 Å². The van der Waals surface area contributed by atoms with Gasteiger partial charge in [0, 0.05) is 43.1 Å². The monoisotopic (exact) mass is 586 g/mol. The maximum Gasteiger partial charge on any atom is 0.331 e. The molecule has 6 aliphatic rings. The van der Waals surface area contributed by atoms with Gasteiger partial charge >= 0.3 is 5.97 Å². The number of nitrogens with zero attached hydrogens (tertiary/aromatic N) is 2. The Labute approximate surface area is 248 Å². The van der Waals surface area contributed by atoms with Crippen molar-refractivity contribution in [3.8, 4) is 6.07 Å². The molecular weight excluding hydrogens is 540 g/mol. The van der Waals surface area contributed by atoms with Crippen molar-refractivity contribution in [2.24, 2.45) is 33.6 Å². The molecule has 4 saturated carbocycles. The Hall–Kier alpha value is -1.87. The predicted octanol–water partition coefficient (Wildman–Crippen LogP) is 2.83. The average Bonchev–Trinajstić information content (AvgIpc) is 3.50. The van der Waals surface area contributed by atoms with Crippen molar-refractivity contribution < 1.29 is 39.1 Å². The third-order valence-corrected chi connectivity index (χ3v) is 12.4. The zero-order chi connectivity index (χ0) is 29.9. The lowest BCUT2D eigenvalue weighted by Gasteiger charge is -2.66. The molecule has 10 nitrogen and oxygen atoms in total. The van der Waals surface area contributed by atoms with Crippen molar-refractivity contribution in [3.05, 3.63) is 11.6 Å². The number of nitriles is 1. The smallest absolute Gasteiger partial charge is 0.331 e. The quantitative estimate of drug-likeness (QED) is 0.185. The number of rotatable bonds is 6. The second kappa shape index (κ2) is 10.9. The number of carbonyl (C=O) groups is 1. The van der Waals surface area contributed by atoms with E-state index in [4.69, 9.17) is 18.9 Å². The molecule has 0 aromatic heterocycles. The largest absolute Gasteiger partial charge is 0.458 e. The summed E-state index contributed by atoms with van der Waals surface area (Å²) < 4.78 is 23.1. The summed E-state index contributed by atoms with van der Waals surface area (Å²) >= 11 is 0. The Kier molecular flexibility index (Phi) is 7.85. The number of hydrogen-bond donors (Lipinski definition) is 3. The summed E-state index contributed by atoms with van der Waals surface area (Å²) in [4.78, 5) is 16.4. The number of cyclic esters (lactones) is 1. The van der Waals surface area contributed by atoms with Gasteiger partial charge in [0.1, 0.15) is 19.3 Å². The van der Waals surface area contributed by atoms with Crippen LogP contribution in [-0.2, 0) is 23.7 Å². The van der Waals surface area contributed by atoms with Crippen LogP contribution in [-0.4, -0.2) is 89.7 Å². The van der Waals surface area contributed by atoms with Crippen LogP contribution >= 0.6 is 0 Å². The molecule has 0 amide bonds. The second-order valence-electron chi connectivity index (χ2n) is 14.0. The van der Waals surface area contributed by atoms with Crippen molar-refractivity contribution >= 4 is 12.2 Å². The van der Waals surface area contributed by atoms with Crippen molar-refractivity contribution in [2.75, 3.05) is 20.3 Å². The van der Waals surface area contributed by atoms with Crippen LogP contribution in [0.3, 0.4) is 0 Å². The molecule has 1 saturated heterocycles. The third kappa shape index (κ3) is 4.50. The Morgan fingerprint density at radius 2 is 1.95 bits per heavy atom. The molecule has 4 aliphatic carbocycles. The fourth-order valence-corrected chi connectivity index (χ4v) is 10.3. The van der Waals surface area contributed by atoms with E-state index in [1.807, 2.05) is 13.1 Å². The molecule has 0 radical (unpaired) electrons. The molecule has 2 heterocycles. The minimum Gasteiger partial charge on any atom is -0.458 e. The lowest BCUT2D eigenvalue weighted by atomic mass is 9.41. The number of aliphatic imine (C=N–C) groups is 1. The van der Waals surface area contributed by atoms with E-state index in [1.54, 1.807) is 13.2 Å². The van der Waals surface area contributed by atoms with Crippen LogP contribution in [0.25, 0.3) is 0 Å². The zero-order valence-corrected chi connectivity index (χ0v) is 25.0. The lowest BCUT2D eigenvalue weighted by Crippen LogP contribution is -2.69. The van der Waals surface area contributed by atoms with E-state index < -0.39 is 35.1 Å². The fourth-order valence-electron chi connectivity index (χ4n) is 10.3. The van der Waals surface area contributed by atoms with Gasteiger partial charge in [-0.15, -0.1) is 0 Å². The maximum absolute atomic E-state index is 12.6. The van der Waals surface area contributed by atoms with Crippen LogP contribution in [0.15, 0.2) is 16.6 Å². The number of ether oxygens (including phenoxy) is 4. The molecule has 3 N–H and O–H groups in total. The number of esters is 1. The van der Waals surface area contributed by atoms with Gasteiger partial charge in [0.15, 0.2) is 6.29 Å². The van der Waals surface area contributed by atoms with E-state index in [0.717, 1.165) is 24.8 Å². The van der Waals surface area contributed by atoms with Gasteiger partial charge in [-0.25, -0.2) is 4.79 Å². The van der Waals surface area contributed by atoms with Crippen LogP contribution < -0.4 is 0 Å². The number of aliphatic hydroxyl groups excluding tert-OH is 1. The van der Waals surface area contributed by atoms with Gasteiger partial charge in [-0.1, -0.05) is 6.92 Å².